The lowest BCUT2D eigenvalue weighted by molar-refractivity contribution is 0.0527. The van der Waals surface area contributed by atoms with Gasteiger partial charge in [0.25, 0.3) is 0 Å². The molecule has 3 nitrogen and oxygen atoms in total. The average molecular weight is 225 g/mol. The van der Waals surface area contributed by atoms with Crippen LogP contribution in [0.25, 0.3) is 11.0 Å². The SMILES string of the molecule is CCOC(=O)c1coc2cccc(Cl)c12. The highest BCUT2D eigenvalue weighted by Gasteiger charge is 2.16. The van der Waals surface area contributed by atoms with Crippen LogP contribution >= 0.6 is 11.6 Å². The van der Waals surface area contributed by atoms with Crippen molar-refractivity contribution >= 4 is 28.5 Å². The van der Waals surface area contributed by atoms with E-state index in [4.69, 9.17) is 20.8 Å². The van der Waals surface area contributed by atoms with Gasteiger partial charge in [0.1, 0.15) is 17.4 Å². The predicted octanol–water partition coefficient (Wildman–Crippen LogP) is 3.26. The molecule has 0 atom stereocenters. The zero-order chi connectivity index (χ0) is 10.8. The van der Waals surface area contributed by atoms with Crippen LogP contribution in [0.1, 0.15) is 17.3 Å². The Morgan fingerprint density at radius 2 is 2.33 bits per heavy atom. The molecule has 4 heteroatoms. The van der Waals surface area contributed by atoms with Gasteiger partial charge in [-0.05, 0) is 19.1 Å². The second-order valence-corrected chi connectivity index (χ2v) is 3.39. The number of fused-ring (bicyclic) bond motifs is 1. The van der Waals surface area contributed by atoms with Crippen LogP contribution in [0.5, 0.6) is 0 Å². The van der Waals surface area contributed by atoms with Crippen molar-refractivity contribution in [1.29, 1.82) is 0 Å². The van der Waals surface area contributed by atoms with E-state index in [1.54, 1.807) is 25.1 Å². The Balaban J connectivity index is 2.57. The fourth-order valence-electron chi connectivity index (χ4n) is 1.40. The van der Waals surface area contributed by atoms with Gasteiger partial charge in [-0.2, -0.15) is 0 Å². The van der Waals surface area contributed by atoms with Crippen LogP contribution in [0.2, 0.25) is 5.02 Å². The predicted molar refractivity (Wildman–Crippen MR) is 57.2 cm³/mol. The molecule has 2 rings (SSSR count). The largest absolute Gasteiger partial charge is 0.463 e. The van der Waals surface area contributed by atoms with E-state index in [2.05, 4.69) is 0 Å². The smallest absolute Gasteiger partial charge is 0.342 e. The molecule has 1 heterocycles. The third kappa shape index (κ3) is 1.70. The summed E-state index contributed by atoms with van der Waals surface area (Å²) in [6.45, 7) is 2.08. The van der Waals surface area contributed by atoms with Gasteiger partial charge in [0.15, 0.2) is 0 Å². The summed E-state index contributed by atoms with van der Waals surface area (Å²) in [7, 11) is 0. The molecule has 2 aromatic rings. The molecule has 0 unspecified atom stereocenters. The Hall–Kier alpha value is -1.48. The number of esters is 1. The summed E-state index contributed by atoms with van der Waals surface area (Å²) in [6, 6.07) is 5.23. The highest BCUT2D eigenvalue weighted by atomic mass is 35.5. The molecule has 0 amide bonds. The Bertz CT molecular complexity index is 502. The van der Waals surface area contributed by atoms with Crippen LogP contribution in [-0.4, -0.2) is 12.6 Å². The van der Waals surface area contributed by atoms with Gasteiger partial charge >= 0.3 is 5.97 Å². The molecule has 0 aliphatic carbocycles. The van der Waals surface area contributed by atoms with E-state index >= 15 is 0 Å². The third-order valence-electron chi connectivity index (χ3n) is 2.04. The minimum atomic E-state index is -0.413. The lowest BCUT2D eigenvalue weighted by Gasteiger charge is -1.99. The molecule has 0 bridgehead atoms. The van der Waals surface area contributed by atoms with Crippen LogP contribution in [0, 0.1) is 0 Å². The number of hydrogen-bond donors (Lipinski definition) is 0. The van der Waals surface area contributed by atoms with Crippen molar-refractivity contribution in [3.63, 3.8) is 0 Å². The average Bonchev–Trinajstić information content (AvgIpc) is 2.63. The minimum Gasteiger partial charge on any atom is -0.463 e. The van der Waals surface area contributed by atoms with Gasteiger partial charge in [-0.25, -0.2) is 4.79 Å². The highest BCUT2D eigenvalue weighted by Crippen LogP contribution is 2.28. The summed E-state index contributed by atoms with van der Waals surface area (Å²) >= 11 is 5.98. The van der Waals surface area contributed by atoms with Crippen LogP contribution in [0.4, 0.5) is 0 Å². The summed E-state index contributed by atoms with van der Waals surface area (Å²) in [5.41, 5.74) is 0.961. The van der Waals surface area contributed by atoms with E-state index in [1.807, 2.05) is 0 Å². The summed E-state index contributed by atoms with van der Waals surface area (Å²) in [6.07, 6.45) is 1.37. The van der Waals surface area contributed by atoms with Crippen molar-refractivity contribution < 1.29 is 13.9 Å². The first kappa shape index (κ1) is 10.1. The molecular weight excluding hydrogens is 216 g/mol. The maximum atomic E-state index is 11.5. The van der Waals surface area contributed by atoms with Gasteiger partial charge in [0.2, 0.25) is 0 Å². The van der Waals surface area contributed by atoms with Crippen molar-refractivity contribution in [2.45, 2.75) is 6.92 Å². The van der Waals surface area contributed by atoms with E-state index in [9.17, 15) is 4.79 Å². The lowest BCUT2D eigenvalue weighted by Crippen LogP contribution is -2.03. The van der Waals surface area contributed by atoms with Gasteiger partial charge in [-0.15, -0.1) is 0 Å². The summed E-state index contributed by atoms with van der Waals surface area (Å²) in [4.78, 5) is 11.5. The molecule has 0 N–H and O–H groups in total. The number of carbonyl (C=O) groups is 1. The highest BCUT2D eigenvalue weighted by molar-refractivity contribution is 6.36. The zero-order valence-electron chi connectivity index (χ0n) is 8.12. The van der Waals surface area contributed by atoms with Crippen LogP contribution in [-0.2, 0) is 4.74 Å². The first-order valence-electron chi connectivity index (χ1n) is 4.57. The zero-order valence-corrected chi connectivity index (χ0v) is 8.88. The molecule has 0 fully saturated rings. The molecule has 78 valence electrons. The van der Waals surface area contributed by atoms with Crippen LogP contribution in [0.3, 0.4) is 0 Å². The molecule has 0 aliphatic rings. The first-order chi connectivity index (χ1) is 7.24. The third-order valence-corrected chi connectivity index (χ3v) is 2.36. The molecule has 0 aliphatic heterocycles. The van der Waals surface area contributed by atoms with E-state index in [1.165, 1.54) is 6.26 Å². The second kappa shape index (κ2) is 3.95. The van der Waals surface area contributed by atoms with Crippen molar-refractivity contribution in [2.75, 3.05) is 6.61 Å². The van der Waals surface area contributed by atoms with Gasteiger partial charge < -0.3 is 9.15 Å². The Kier molecular flexibility index (Phi) is 2.64. The molecule has 0 saturated heterocycles. The Morgan fingerprint density at radius 1 is 1.53 bits per heavy atom. The van der Waals surface area contributed by atoms with Crippen molar-refractivity contribution in [2.24, 2.45) is 0 Å². The number of hydrogen-bond acceptors (Lipinski definition) is 3. The van der Waals surface area contributed by atoms with E-state index < -0.39 is 5.97 Å². The maximum absolute atomic E-state index is 11.5. The number of furan rings is 1. The van der Waals surface area contributed by atoms with Gasteiger partial charge in [-0.3, -0.25) is 0 Å². The molecular formula is C11H9ClO3. The van der Waals surface area contributed by atoms with Crippen LogP contribution in [0.15, 0.2) is 28.9 Å². The normalized spacial score (nSPS) is 10.5. The molecule has 15 heavy (non-hydrogen) atoms. The van der Waals surface area contributed by atoms with Crippen molar-refractivity contribution in [1.82, 2.24) is 0 Å². The lowest BCUT2D eigenvalue weighted by atomic mass is 10.2. The van der Waals surface area contributed by atoms with E-state index in [0.717, 1.165) is 0 Å². The first-order valence-corrected chi connectivity index (χ1v) is 4.94. The molecule has 0 radical (unpaired) electrons. The van der Waals surface area contributed by atoms with Crippen molar-refractivity contribution in [3.05, 3.63) is 35.0 Å². The fraction of sp³-hybridized carbons (Fsp3) is 0.182. The number of carbonyl (C=O) groups excluding carboxylic acids is 1. The fourth-order valence-corrected chi connectivity index (χ4v) is 1.67. The Labute approximate surface area is 91.6 Å². The molecule has 1 aromatic carbocycles. The van der Waals surface area contributed by atoms with Gasteiger partial charge in [0.05, 0.1) is 17.0 Å². The topological polar surface area (TPSA) is 39.4 Å². The summed E-state index contributed by atoms with van der Waals surface area (Å²) < 4.78 is 10.1. The van der Waals surface area contributed by atoms with E-state index in [0.29, 0.717) is 28.2 Å². The van der Waals surface area contributed by atoms with Crippen LogP contribution < -0.4 is 0 Å². The number of halogens is 1. The van der Waals surface area contributed by atoms with Crippen molar-refractivity contribution in [3.8, 4) is 0 Å². The van der Waals surface area contributed by atoms with E-state index in [-0.39, 0.29) is 0 Å². The molecule has 0 saturated carbocycles. The molecule has 0 spiro atoms. The van der Waals surface area contributed by atoms with Gasteiger partial charge in [-0.1, -0.05) is 17.7 Å². The minimum absolute atomic E-state index is 0.329. The standard InChI is InChI=1S/C11H9ClO3/c1-2-14-11(13)7-6-15-9-5-3-4-8(12)10(7)9/h3-6H,2H2,1H3. The number of ether oxygens (including phenoxy) is 1. The molecule has 1 aromatic heterocycles. The number of benzene rings is 1. The second-order valence-electron chi connectivity index (χ2n) is 2.98. The quantitative estimate of drug-likeness (QED) is 0.735. The maximum Gasteiger partial charge on any atom is 0.342 e. The summed E-state index contributed by atoms with van der Waals surface area (Å²) in [5.74, 6) is -0.413. The Morgan fingerprint density at radius 3 is 3.07 bits per heavy atom. The van der Waals surface area contributed by atoms with Gasteiger partial charge in [0, 0.05) is 0 Å². The summed E-state index contributed by atoms with van der Waals surface area (Å²) in [5, 5.41) is 1.10. The monoisotopic (exact) mass is 224 g/mol. The number of rotatable bonds is 2.